The van der Waals surface area contributed by atoms with Gasteiger partial charge in [0.1, 0.15) is 5.54 Å². The van der Waals surface area contributed by atoms with Crippen molar-refractivity contribution < 1.29 is 4.79 Å². The van der Waals surface area contributed by atoms with E-state index in [0.717, 1.165) is 51.6 Å². The first-order chi connectivity index (χ1) is 9.09. The van der Waals surface area contributed by atoms with Gasteiger partial charge in [0, 0.05) is 26.1 Å². The van der Waals surface area contributed by atoms with Crippen molar-refractivity contribution >= 4 is 5.91 Å². The zero-order chi connectivity index (χ0) is 13.9. The Balaban J connectivity index is 2.05. The first-order valence-electron chi connectivity index (χ1n) is 7.46. The van der Waals surface area contributed by atoms with Gasteiger partial charge in [0.25, 0.3) is 0 Å². The van der Waals surface area contributed by atoms with Crippen molar-refractivity contribution in [1.82, 2.24) is 9.80 Å². The van der Waals surface area contributed by atoms with Gasteiger partial charge >= 0.3 is 0 Å². The van der Waals surface area contributed by atoms with Gasteiger partial charge in [0.15, 0.2) is 0 Å². The molecule has 0 bridgehead atoms. The van der Waals surface area contributed by atoms with Crippen molar-refractivity contribution in [1.29, 1.82) is 5.26 Å². The van der Waals surface area contributed by atoms with Gasteiger partial charge in [-0.2, -0.15) is 5.26 Å². The third kappa shape index (κ3) is 2.92. The molecule has 1 aliphatic carbocycles. The Morgan fingerprint density at radius 2 is 1.84 bits per heavy atom. The van der Waals surface area contributed by atoms with Crippen LogP contribution in [0.4, 0.5) is 0 Å². The summed E-state index contributed by atoms with van der Waals surface area (Å²) in [7, 11) is 3.91. The minimum Gasteiger partial charge on any atom is -0.327 e. The van der Waals surface area contributed by atoms with E-state index in [2.05, 4.69) is 18.0 Å². The summed E-state index contributed by atoms with van der Waals surface area (Å²) in [5.41, 5.74) is -0.568. The van der Waals surface area contributed by atoms with E-state index in [9.17, 15) is 10.1 Å². The van der Waals surface area contributed by atoms with Crippen molar-refractivity contribution in [3.63, 3.8) is 0 Å². The molecule has 1 aliphatic heterocycles. The Morgan fingerprint density at radius 1 is 1.26 bits per heavy atom. The van der Waals surface area contributed by atoms with Crippen molar-refractivity contribution in [2.75, 3.05) is 27.2 Å². The summed E-state index contributed by atoms with van der Waals surface area (Å²) in [5, 5.41) is 9.58. The summed E-state index contributed by atoms with van der Waals surface area (Å²) in [4.78, 5) is 16.6. The minimum atomic E-state index is -0.568. The van der Waals surface area contributed by atoms with Gasteiger partial charge < -0.3 is 9.80 Å². The minimum absolute atomic E-state index is 0.156. The molecule has 1 amide bonds. The molecule has 4 heteroatoms. The average Bonchev–Trinajstić information content (AvgIpc) is 2.48. The maximum Gasteiger partial charge on any atom is 0.226 e. The van der Waals surface area contributed by atoms with Crippen LogP contribution in [0.15, 0.2) is 0 Å². The molecule has 0 aromatic heterocycles. The molecule has 0 radical (unpaired) electrons. The zero-order valence-corrected chi connectivity index (χ0v) is 12.2. The standard InChI is InChI=1S/C15H25N3O/c1-17-10-8-15(12-16,9-11-17)18(2)14(19)13-6-4-3-5-7-13/h13H,3-11H2,1-2H3. The third-order valence-corrected chi connectivity index (χ3v) is 4.95. The zero-order valence-electron chi connectivity index (χ0n) is 12.2. The van der Waals surface area contributed by atoms with Crippen LogP contribution in [0, 0.1) is 17.2 Å². The van der Waals surface area contributed by atoms with Gasteiger partial charge in [0.05, 0.1) is 6.07 Å². The molecule has 0 unspecified atom stereocenters. The van der Waals surface area contributed by atoms with E-state index in [1.165, 1.54) is 6.42 Å². The van der Waals surface area contributed by atoms with Gasteiger partial charge in [-0.05, 0) is 32.7 Å². The van der Waals surface area contributed by atoms with Crippen LogP contribution in [0.1, 0.15) is 44.9 Å². The molecule has 2 aliphatic rings. The lowest BCUT2D eigenvalue weighted by Crippen LogP contribution is -2.55. The van der Waals surface area contributed by atoms with E-state index >= 15 is 0 Å². The lowest BCUT2D eigenvalue weighted by atomic mass is 9.83. The molecule has 0 aromatic rings. The fourth-order valence-corrected chi connectivity index (χ4v) is 3.34. The second kappa shape index (κ2) is 5.92. The third-order valence-electron chi connectivity index (χ3n) is 4.95. The van der Waals surface area contributed by atoms with E-state index in [-0.39, 0.29) is 11.8 Å². The van der Waals surface area contributed by atoms with Gasteiger partial charge in [-0.25, -0.2) is 0 Å². The normalized spacial score (nSPS) is 24.7. The molecule has 1 heterocycles. The second-order valence-corrected chi connectivity index (χ2v) is 6.18. The van der Waals surface area contributed by atoms with Crippen LogP contribution in [0.3, 0.4) is 0 Å². The van der Waals surface area contributed by atoms with Crippen molar-refractivity contribution in [2.45, 2.75) is 50.5 Å². The number of hydrogen-bond donors (Lipinski definition) is 0. The molecule has 0 spiro atoms. The second-order valence-electron chi connectivity index (χ2n) is 6.18. The molecular weight excluding hydrogens is 238 g/mol. The van der Waals surface area contributed by atoms with Crippen molar-refractivity contribution in [3.8, 4) is 6.07 Å². The van der Waals surface area contributed by atoms with Gasteiger partial charge in [-0.1, -0.05) is 19.3 Å². The topological polar surface area (TPSA) is 47.3 Å². The number of nitrogens with zero attached hydrogens (tertiary/aromatic N) is 3. The van der Waals surface area contributed by atoms with E-state index in [1.54, 1.807) is 4.90 Å². The molecule has 2 rings (SSSR count). The number of carbonyl (C=O) groups is 1. The highest BCUT2D eigenvalue weighted by Gasteiger charge is 2.41. The van der Waals surface area contributed by atoms with Crippen molar-refractivity contribution in [3.05, 3.63) is 0 Å². The Morgan fingerprint density at radius 3 is 2.37 bits per heavy atom. The number of hydrogen-bond acceptors (Lipinski definition) is 3. The largest absolute Gasteiger partial charge is 0.327 e. The molecule has 4 nitrogen and oxygen atoms in total. The smallest absolute Gasteiger partial charge is 0.226 e. The van der Waals surface area contributed by atoms with Crippen LogP contribution in [-0.2, 0) is 4.79 Å². The van der Waals surface area contributed by atoms with E-state index < -0.39 is 5.54 Å². The molecular formula is C15H25N3O. The molecule has 0 N–H and O–H groups in total. The Kier molecular flexibility index (Phi) is 4.46. The summed E-state index contributed by atoms with van der Waals surface area (Å²) in [6.07, 6.45) is 7.12. The van der Waals surface area contributed by atoms with Crippen LogP contribution in [0.25, 0.3) is 0 Å². The average molecular weight is 263 g/mol. The summed E-state index contributed by atoms with van der Waals surface area (Å²) < 4.78 is 0. The Labute approximate surface area is 116 Å². The molecule has 0 atom stereocenters. The SMILES string of the molecule is CN1CCC(C#N)(N(C)C(=O)C2CCCCC2)CC1. The van der Waals surface area contributed by atoms with E-state index in [0.29, 0.717) is 0 Å². The maximum atomic E-state index is 12.6. The van der Waals surface area contributed by atoms with Gasteiger partial charge in [-0.3, -0.25) is 4.79 Å². The molecule has 0 aromatic carbocycles. The summed E-state index contributed by atoms with van der Waals surface area (Å²) >= 11 is 0. The first kappa shape index (κ1) is 14.3. The van der Waals surface area contributed by atoms with Gasteiger partial charge in [-0.15, -0.1) is 0 Å². The van der Waals surface area contributed by atoms with Crippen LogP contribution in [0.2, 0.25) is 0 Å². The first-order valence-corrected chi connectivity index (χ1v) is 7.46. The van der Waals surface area contributed by atoms with Crippen molar-refractivity contribution in [2.24, 2.45) is 5.92 Å². The quantitative estimate of drug-likeness (QED) is 0.765. The van der Waals surface area contributed by atoms with Crippen LogP contribution < -0.4 is 0 Å². The number of rotatable bonds is 2. The van der Waals surface area contributed by atoms with Crippen LogP contribution in [0.5, 0.6) is 0 Å². The molecule has 19 heavy (non-hydrogen) atoms. The number of amides is 1. The number of piperidine rings is 1. The number of likely N-dealkylation sites (tertiary alicyclic amines) is 1. The fraction of sp³-hybridized carbons (Fsp3) is 0.867. The fourth-order valence-electron chi connectivity index (χ4n) is 3.34. The molecule has 2 fully saturated rings. The number of carbonyl (C=O) groups excluding carboxylic acids is 1. The lowest BCUT2D eigenvalue weighted by molar-refractivity contribution is -0.140. The highest BCUT2D eigenvalue weighted by atomic mass is 16.2. The molecule has 106 valence electrons. The summed E-state index contributed by atoms with van der Waals surface area (Å²) in [6, 6.07) is 2.44. The van der Waals surface area contributed by atoms with Crippen LogP contribution in [-0.4, -0.2) is 48.4 Å². The summed E-state index contributed by atoms with van der Waals surface area (Å²) in [5.74, 6) is 0.356. The maximum absolute atomic E-state index is 12.6. The lowest BCUT2D eigenvalue weighted by Gasteiger charge is -2.43. The molecule has 1 saturated heterocycles. The monoisotopic (exact) mass is 263 g/mol. The van der Waals surface area contributed by atoms with E-state index in [4.69, 9.17) is 0 Å². The predicted molar refractivity (Wildman–Crippen MR) is 74.4 cm³/mol. The number of nitriles is 1. The van der Waals surface area contributed by atoms with Crippen LogP contribution >= 0.6 is 0 Å². The van der Waals surface area contributed by atoms with Gasteiger partial charge in [0.2, 0.25) is 5.91 Å². The molecule has 1 saturated carbocycles. The highest BCUT2D eigenvalue weighted by molar-refractivity contribution is 5.80. The Bertz CT molecular complexity index is 360. The Hall–Kier alpha value is -1.08. The summed E-state index contributed by atoms with van der Waals surface area (Å²) in [6.45, 7) is 1.80. The van der Waals surface area contributed by atoms with E-state index in [1.807, 2.05) is 7.05 Å². The highest BCUT2D eigenvalue weighted by Crippen LogP contribution is 2.31. The predicted octanol–water partition coefficient (Wildman–Crippen LogP) is 2.01.